The Morgan fingerprint density at radius 3 is 2.50 bits per heavy atom. The van der Waals surface area contributed by atoms with Crippen LogP contribution in [0.1, 0.15) is 29.3 Å². The Hall–Kier alpha value is -2.87. The summed E-state index contributed by atoms with van der Waals surface area (Å²) in [6, 6.07) is 6.59. The first-order valence-electron chi connectivity index (χ1n) is 7.89. The lowest BCUT2D eigenvalue weighted by atomic mass is 10.1. The smallest absolute Gasteiger partial charge is 0.329 e. The van der Waals surface area contributed by atoms with Crippen LogP contribution in [0.5, 0.6) is 0 Å². The average molecular weight is 380 g/mol. The van der Waals surface area contributed by atoms with Crippen LogP contribution in [-0.2, 0) is 22.5 Å². The van der Waals surface area contributed by atoms with Gasteiger partial charge in [-0.3, -0.25) is 23.9 Å². The number of nitrogen functional groups attached to an aromatic ring is 1. The number of hydrogen-bond donors (Lipinski definition) is 2. The molecule has 2 aromatic rings. The second-order valence-electron chi connectivity index (χ2n) is 5.56. The molecule has 1 aromatic heterocycles. The van der Waals surface area contributed by atoms with Gasteiger partial charge in [0.15, 0.2) is 6.61 Å². The molecule has 138 valence electrons. The number of Topliss-reactive ketones (excluding diaryl/α,β-unsaturated/α-hetero) is 1. The number of nitrogens with zero attached hydrogens (tertiary/aromatic N) is 1. The molecule has 1 heterocycles. The number of anilines is 1. The van der Waals surface area contributed by atoms with Crippen LogP contribution in [0.25, 0.3) is 0 Å². The largest absolute Gasteiger partial charge is 0.457 e. The summed E-state index contributed by atoms with van der Waals surface area (Å²) >= 11 is 5.77. The van der Waals surface area contributed by atoms with Crippen molar-refractivity contribution in [2.75, 3.05) is 12.3 Å². The molecule has 0 radical (unpaired) electrons. The molecule has 0 spiro atoms. The summed E-state index contributed by atoms with van der Waals surface area (Å²) < 4.78 is 6.02. The number of aromatic nitrogens is 2. The number of ketones is 1. The highest BCUT2D eigenvalue weighted by Crippen LogP contribution is 2.11. The molecular formula is C17H18ClN3O5. The van der Waals surface area contributed by atoms with E-state index in [9.17, 15) is 19.2 Å². The number of nitrogens with two attached hydrogens (primary N) is 1. The molecule has 8 nitrogen and oxygen atoms in total. The molecule has 1 aromatic carbocycles. The first kappa shape index (κ1) is 19.5. The Bertz CT molecular complexity index is 931. The third-order valence-corrected chi connectivity index (χ3v) is 3.84. The van der Waals surface area contributed by atoms with Crippen molar-refractivity contribution in [3.05, 3.63) is 61.3 Å². The van der Waals surface area contributed by atoms with E-state index in [2.05, 4.69) is 0 Å². The maximum atomic E-state index is 12.2. The lowest BCUT2D eigenvalue weighted by molar-refractivity contribution is -0.141. The maximum absolute atomic E-state index is 12.2. The van der Waals surface area contributed by atoms with Crippen LogP contribution < -0.4 is 17.0 Å². The molecule has 0 amide bonds. The molecule has 0 fully saturated rings. The number of halogens is 1. The number of nitrogens with one attached hydrogen (secondary N) is 1. The normalized spacial score (nSPS) is 10.5. The van der Waals surface area contributed by atoms with E-state index in [1.807, 2.05) is 11.9 Å². The van der Waals surface area contributed by atoms with E-state index < -0.39 is 35.2 Å². The van der Waals surface area contributed by atoms with Crippen LogP contribution >= 0.6 is 11.6 Å². The van der Waals surface area contributed by atoms with Crippen LogP contribution in [0.2, 0.25) is 5.02 Å². The standard InChI is InChI=1S/C17H18ClN3O5/c1-2-7-21-15(19)14(16(24)20-17(21)25)12(22)9-26-13(23)8-10-3-5-11(18)6-4-10/h3-6H,2,7-9,19H2,1H3,(H,20,24,25). The van der Waals surface area contributed by atoms with Gasteiger partial charge in [0.1, 0.15) is 11.4 Å². The molecule has 2 rings (SSSR count). The molecular weight excluding hydrogens is 362 g/mol. The molecule has 0 atom stereocenters. The molecule has 0 aliphatic rings. The van der Waals surface area contributed by atoms with Crippen LogP contribution in [0.15, 0.2) is 33.9 Å². The van der Waals surface area contributed by atoms with Crippen molar-refractivity contribution in [2.24, 2.45) is 0 Å². The molecule has 0 aliphatic heterocycles. The Kier molecular flexibility index (Phi) is 6.35. The number of aromatic amines is 1. The van der Waals surface area contributed by atoms with Crippen molar-refractivity contribution in [3.8, 4) is 0 Å². The van der Waals surface area contributed by atoms with Crippen molar-refractivity contribution in [1.29, 1.82) is 0 Å². The minimum absolute atomic E-state index is 0.0500. The van der Waals surface area contributed by atoms with Crippen molar-refractivity contribution in [1.82, 2.24) is 9.55 Å². The van der Waals surface area contributed by atoms with Crippen LogP contribution in [0, 0.1) is 0 Å². The third-order valence-electron chi connectivity index (χ3n) is 3.59. The highest BCUT2D eigenvalue weighted by Gasteiger charge is 2.20. The second-order valence-corrected chi connectivity index (χ2v) is 5.99. The van der Waals surface area contributed by atoms with Gasteiger partial charge in [0.05, 0.1) is 6.42 Å². The van der Waals surface area contributed by atoms with Gasteiger partial charge < -0.3 is 10.5 Å². The maximum Gasteiger partial charge on any atom is 0.329 e. The number of carbonyl (C=O) groups is 2. The summed E-state index contributed by atoms with van der Waals surface area (Å²) in [7, 11) is 0. The van der Waals surface area contributed by atoms with Gasteiger partial charge in [-0.25, -0.2) is 4.79 Å². The van der Waals surface area contributed by atoms with Gasteiger partial charge in [-0.2, -0.15) is 0 Å². The minimum Gasteiger partial charge on any atom is -0.457 e. The zero-order valence-electron chi connectivity index (χ0n) is 14.1. The number of carbonyl (C=O) groups excluding carboxylic acids is 2. The lowest BCUT2D eigenvalue weighted by Crippen LogP contribution is -2.37. The zero-order chi connectivity index (χ0) is 19.3. The SMILES string of the molecule is CCCn1c(N)c(C(=O)COC(=O)Cc2ccc(Cl)cc2)c(=O)[nH]c1=O. The summed E-state index contributed by atoms with van der Waals surface area (Å²) in [5.41, 5.74) is 4.47. The van der Waals surface area contributed by atoms with Gasteiger partial charge >= 0.3 is 11.7 Å². The fourth-order valence-corrected chi connectivity index (χ4v) is 2.47. The average Bonchev–Trinajstić information content (AvgIpc) is 2.58. The van der Waals surface area contributed by atoms with Gasteiger partial charge in [-0.05, 0) is 24.1 Å². The predicted molar refractivity (Wildman–Crippen MR) is 96.5 cm³/mol. The summed E-state index contributed by atoms with van der Waals surface area (Å²) in [6.07, 6.45) is 0.533. The van der Waals surface area contributed by atoms with Crippen molar-refractivity contribution in [2.45, 2.75) is 26.3 Å². The molecule has 26 heavy (non-hydrogen) atoms. The number of benzene rings is 1. The summed E-state index contributed by atoms with van der Waals surface area (Å²) in [6.45, 7) is 1.42. The zero-order valence-corrected chi connectivity index (χ0v) is 14.8. The second kappa shape index (κ2) is 8.48. The Balaban J connectivity index is 2.09. The van der Waals surface area contributed by atoms with Crippen molar-refractivity contribution in [3.63, 3.8) is 0 Å². The summed E-state index contributed by atoms with van der Waals surface area (Å²) in [4.78, 5) is 49.8. The highest BCUT2D eigenvalue weighted by atomic mass is 35.5. The van der Waals surface area contributed by atoms with Crippen LogP contribution in [0.4, 0.5) is 5.82 Å². The first-order chi connectivity index (χ1) is 12.3. The lowest BCUT2D eigenvalue weighted by Gasteiger charge is -2.11. The van der Waals surface area contributed by atoms with Gasteiger partial charge in [0.2, 0.25) is 5.78 Å². The minimum atomic E-state index is -0.904. The van der Waals surface area contributed by atoms with E-state index in [4.69, 9.17) is 22.1 Å². The van der Waals surface area contributed by atoms with Crippen LogP contribution in [0.3, 0.4) is 0 Å². The number of ether oxygens (including phenoxy) is 1. The molecule has 3 N–H and O–H groups in total. The quantitative estimate of drug-likeness (QED) is 0.549. The monoisotopic (exact) mass is 379 g/mol. The van der Waals surface area contributed by atoms with E-state index in [1.165, 1.54) is 0 Å². The number of H-pyrrole nitrogens is 1. The van der Waals surface area contributed by atoms with E-state index in [1.54, 1.807) is 24.3 Å². The van der Waals surface area contributed by atoms with E-state index in [-0.39, 0.29) is 18.8 Å². The molecule has 0 unspecified atom stereocenters. The fraction of sp³-hybridized carbons (Fsp3) is 0.294. The Labute approximate surface area is 153 Å². The highest BCUT2D eigenvalue weighted by molar-refractivity contribution is 6.30. The van der Waals surface area contributed by atoms with Gasteiger partial charge in [0, 0.05) is 11.6 Å². The number of hydrogen-bond acceptors (Lipinski definition) is 6. The van der Waals surface area contributed by atoms with Crippen molar-refractivity contribution < 1.29 is 14.3 Å². The molecule has 0 saturated carbocycles. The number of esters is 1. The molecule has 0 aliphatic carbocycles. The molecule has 0 bridgehead atoms. The van der Waals surface area contributed by atoms with Gasteiger partial charge in [-0.1, -0.05) is 30.7 Å². The van der Waals surface area contributed by atoms with Gasteiger partial charge in [-0.15, -0.1) is 0 Å². The van der Waals surface area contributed by atoms with E-state index in [0.29, 0.717) is 17.0 Å². The topological polar surface area (TPSA) is 124 Å². The summed E-state index contributed by atoms with van der Waals surface area (Å²) in [5.74, 6) is -1.66. The summed E-state index contributed by atoms with van der Waals surface area (Å²) in [5, 5.41) is 0.536. The Morgan fingerprint density at radius 2 is 1.88 bits per heavy atom. The number of rotatable bonds is 7. The van der Waals surface area contributed by atoms with Gasteiger partial charge in [0.25, 0.3) is 5.56 Å². The van der Waals surface area contributed by atoms with Crippen molar-refractivity contribution >= 4 is 29.2 Å². The first-order valence-corrected chi connectivity index (χ1v) is 8.27. The predicted octanol–water partition coefficient (Wildman–Crippen LogP) is 1.15. The Morgan fingerprint density at radius 1 is 1.23 bits per heavy atom. The van der Waals surface area contributed by atoms with E-state index >= 15 is 0 Å². The molecule has 9 heteroatoms. The molecule has 0 saturated heterocycles. The van der Waals surface area contributed by atoms with E-state index in [0.717, 1.165) is 4.57 Å². The third kappa shape index (κ3) is 4.60. The fourth-order valence-electron chi connectivity index (χ4n) is 2.34. The van der Waals surface area contributed by atoms with Crippen LogP contribution in [-0.4, -0.2) is 27.9 Å².